The molecule has 0 atom stereocenters. The Kier molecular flexibility index (Phi) is 22.3. The fraction of sp³-hybridized carbons (Fsp3) is 0.731. The van der Waals surface area contributed by atoms with Gasteiger partial charge in [-0.1, -0.05) is 18.7 Å². The third-order valence-electron chi connectivity index (χ3n) is 4.73. The largest absolute Gasteiger partial charge is 0.460 e. The number of nitrogens with zero attached hydrogens (tertiary/aromatic N) is 1. The maximum absolute atomic E-state index is 10.8. The highest BCUT2D eigenvalue weighted by Crippen LogP contribution is 2.08. The molecule has 0 saturated carbocycles. The SMILES string of the molecule is C=CC(=O)OCCOCCOCCOCCOCCCN1C=C(COCCOCCOCC)C=CC1. The highest BCUT2D eigenvalue weighted by atomic mass is 16.6. The number of rotatable bonds is 26. The number of carbonyl (C=O) groups is 1. The van der Waals surface area contributed by atoms with E-state index in [-0.39, 0.29) is 6.61 Å². The average Bonchev–Trinajstić information content (AvgIpc) is 2.90. The van der Waals surface area contributed by atoms with E-state index in [1.807, 2.05) is 6.92 Å². The molecular weight excluding hydrogens is 470 g/mol. The molecule has 0 amide bonds. The van der Waals surface area contributed by atoms with Crippen molar-refractivity contribution in [2.75, 3.05) is 112 Å². The van der Waals surface area contributed by atoms with Crippen LogP contribution in [-0.4, -0.2) is 123 Å². The van der Waals surface area contributed by atoms with Crippen LogP contribution in [-0.2, 0) is 42.7 Å². The first-order valence-corrected chi connectivity index (χ1v) is 12.7. The molecule has 208 valence electrons. The Labute approximate surface area is 216 Å². The molecule has 1 aliphatic rings. The second-order valence-electron chi connectivity index (χ2n) is 7.64. The highest BCUT2D eigenvalue weighted by molar-refractivity contribution is 5.81. The summed E-state index contributed by atoms with van der Waals surface area (Å²) in [5.74, 6) is -0.449. The summed E-state index contributed by atoms with van der Waals surface area (Å²) < 4.78 is 43.0. The third-order valence-corrected chi connectivity index (χ3v) is 4.73. The summed E-state index contributed by atoms with van der Waals surface area (Å²) in [6, 6.07) is 0. The van der Waals surface area contributed by atoms with Crippen molar-refractivity contribution in [3.05, 3.63) is 36.6 Å². The summed E-state index contributed by atoms with van der Waals surface area (Å²) in [6.45, 7) is 15.1. The molecule has 1 aliphatic heterocycles. The van der Waals surface area contributed by atoms with Crippen LogP contribution in [0.25, 0.3) is 0 Å². The van der Waals surface area contributed by atoms with Crippen molar-refractivity contribution in [2.45, 2.75) is 13.3 Å². The quantitative estimate of drug-likeness (QED) is 0.0967. The molecule has 0 aromatic heterocycles. The average molecular weight is 516 g/mol. The van der Waals surface area contributed by atoms with Gasteiger partial charge in [-0.3, -0.25) is 0 Å². The van der Waals surface area contributed by atoms with Gasteiger partial charge in [-0.25, -0.2) is 4.79 Å². The minimum atomic E-state index is -0.449. The molecule has 1 heterocycles. The van der Waals surface area contributed by atoms with E-state index in [4.69, 9.17) is 37.9 Å². The van der Waals surface area contributed by atoms with Crippen LogP contribution < -0.4 is 0 Å². The predicted molar refractivity (Wildman–Crippen MR) is 136 cm³/mol. The topological polar surface area (TPSA) is 94.2 Å². The second-order valence-corrected chi connectivity index (χ2v) is 7.64. The number of ether oxygens (including phenoxy) is 8. The van der Waals surface area contributed by atoms with Crippen molar-refractivity contribution < 1.29 is 42.7 Å². The summed E-state index contributed by atoms with van der Waals surface area (Å²) >= 11 is 0. The number of carbonyl (C=O) groups excluding carboxylic acids is 1. The lowest BCUT2D eigenvalue weighted by molar-refractivity contribution is -0.139. The molecule has 0 aromatic rings. The van der Waals surface area contributed by atoms with Crippen LogP contribution in [0.15, 0.2) is 36.6 Å². The van der Waals surface area contributed by atoms with E-state index in [9.17, 15) is 4.79 Å². The minimum absolute atomic E-state index is 0.211. The van der Waals surface area contributed by atoms with Crippen LogP contribution in [0.5, 0.6) is 0 Å². The van der Waals surface area contributed by atoms with Gasteiger partial charge in [0.15, 0.2) is 0 Å². The van der Waals surface area contributed by atoms with Gasteiger partial charge in [0, 0.05) is 38.6 Å². The Balaban J connectivity index is 1.84. The molecule has 0 aliphatic carbocycles. The molecule has 0 spiro atoms. The van der Waals surface area contributed by atoms with Gasteiger partial charge in [0.25, 0.3) is 0 Å². The van der Waals surface area contributed by atoms with Gasteiger partial charge >= 0.3 is 5.97 Å². The van der Waals surface area contributed by atoms with Crippen LogP contribution in [0.1, 0.15) is 13.3 Å². The third kappa shape index (κ3) is 20.4. The molecule has 0 radical (unpaired) electrons. The molecule has 0 saturated heterocycles. The summed E-state index contributed by atoms with van der Waals surface area (Å²) in [5.41, 5.74) is 1.16. The minimum Gasteiger partial charge on any atom is -0.460 e. The first kappa shape index (κ1) is 32.2. The molecule has 1 rings (SSSR count). The zero-order valence-electron chi connectivity index (χ0n) is 21.9. The monoisotopic (exact) mass is 515 g/mol. The summed E-state index contributed by atoms with van der Waals surface area (Å²) in [4.78, 5) is 13.1. The molecule has 0 unspecified atom stereocenters. The Morgan fingerprint density at radius 1 is 0.806 bits per heavy atom. The zero-order chi connectivity index (χ0) is 25.9. The Morgan fingerprint density at radius 3 is 1.92 bits per heavy atom. The first-order valence-electron chi connectivity index (χ1n) is 12.7. The summed E-state index contributed by atoms with van der Waals surface area (Å²) in [5, 5.41) is 0. The lowest BCUT2D eigenvalue weighted by Crippen LogP contribution is -2.23. The lowest BCUT2D eigenvalue weighted by Gasteiger charge is -2.23. The van der Waals surface area contributed by atoms with Gasteiger partial charge in [0.1, 0.15) is 6.61 Å². The van der Waals surface area contributed by atoms with E-state index >= 15 is 0 Å². The lowest BCUT2D eigenvalue weighted by atomic mass is 10.2. The normalized spacial score (nSPS) is 13.1. The van der Waals surface area contributed by atoms with Gasteiger partial charge in [-0.2, -0.15) is 0 Å². The molecule has 0 bridgehead atoms. The maximum Gasteiger partial charge on any atom is 0.330 e. The molecule has 10 nitrogen and oxygen atoms in total. The summed E-state index contributed by atoms with van der Waals surface area (Å²) in [6.07, 6.45) is 8.49. The first-order chi connectivity index (χ1) is 17.8. The fourth-order valence-electron chi connectivity index (χ4n) is 2.97. The highest BCUT2D eigenvalue weighted by Gasteiger charge is 2.05. The molecule has 0 aromatic carbocycles. The van der Waals surface area contributed by atoms with Crippen molar-refractivity contribution in [2.24, 2.45) is 0 Å². The van der Waals surface area contributed by atoms with Crippen molar-refractivity contribution in [3.8, 4) is 0 Å². The van der Waals surface area contributed by atoms with E-state index in [0.717, 1.165) is 31.2 Å². The van der Waals surface area contributed by atoms with E-state index in [2.05, 4.69) is 29.8 Å². The Bertz CT molecular complexity index is 598. The van der Waals surface area contributed by atoms with Crippen molar-refractivity contribution in [1.82, 2.24) is 4.90 Å². The molecule has 10 heteroatoms. The van der Waals surface area contributed by atoms with E-state index in [1.165, 1.54) is 0 Å². The van der Waals surface area contributed by atoms with Crippen LogP contribution >= 0.6 is 0 Å². The Hall–Kier alpha value is -1.79. The molecule has 0 N–H and O–H groups in total. The van der Waals surface area contributed by atoms with Crippen molar-refractivity contribution >= 4 is 5.97 Å². The van der Waals surface area contributed by atoms with Crippen LogP contribution in [0.4, 0.5) is 0 Å². The van der Waals surface area contributed by atoms with Crippen molar-refractivity contribution in [1.29, 1.82) is 0 Å². The zero-order valence-corrected chi connectivity index (χ0v) is 21.9. The number of esters is 1. The standard InChI is InChI=1S/C26H45NO9/c1-3-26(28)36-22-21-34-18-17-33-16-15-32-14-13-30-10-6-9-27-8-5-7-25(23-27)24-35-20-19-31-12-11-29-4-2/h3,5,7,23H,1,4,6,8-22,24H2,2H3. The van der Waals surface area contributed by atoms with Gasteiger partial charge in [0.2, 0.25) is 0 Å². The maximum atomic E-state index is 10.8. The van der Waals surface area contributed by atoms with Crippen LogP contribution in [0.2, 0.25) is 0 Å². The summed E-state index contributed by atoms with van der Waals surface area (Å²) in [7, 11) is 0. The fourth-order valence-corrected chi connectivity index (χ4v) is 2.97. The van der Waals surface area contributed by atoms with Gasteiger partial charge < -0.3 is 42.8 Å². The number of hydrogen-bond acceptors (Lipinski definition) is 10. The van der Waals surface area contributed by atoms with Gasteiger partial charge in [0.05, 0.1) is 79.3 Å². The van der Waals surface area contributed by atoms with Crippen LogP contribution in [0, 0.1) is 0 Å². The van der Waals surface area contributed by atoms with Gasteiger partial charge in [-0.05, 0) is 18.9 Å². The van der Waals surface area contributed by atoms with Crippen molar-refractivity contribution in [3.63, 3.8) is 0 Å². The molecular formula is C26H45NO9. The smallest absolute Gasteiger partial charge is 0.330 e. The van der Waals surface area contributed by atoms with Gasteiger partial charge in [-0.15, -0.1) is 0 Å². The Morgan fingerprint density at radius 2 is 1.33 bits per heavy atom. The van der Waals surface area contributed by atoms with Crippen LogP contribution in [0.3, 0.4) is 0 Å². The molecule has 0 fully saturated rings. The number of hydrogen-bond donors (Lipinski definition) is 0. The predicted octanol–water partition coefficient (Wildman–Crippen LogP) is 2.00. The van der Waals surface area contributed by atoms with E-state index in [0.29, 0.717) is 92.5 Å². The molecule has 36 heavy (non-hydrogen) atoms. The van der Waals surface area contributed by atoms with E-state index < -0.39 is 5.97 Å². The van der Waals surface area contributed by atoms with E-state index in [1.54, 1.807) is 0 Å². The second kappa shape index (κ2) is 24.9.